The number of nitrogens with one attached hydrogen (secondary N) is 1. The van der Waals surface area contributed by atoms with Gasteiger partial charge in [0, 0.05) is 37.1 Å². The summed E-state index contributed by atoms with van der Waals surface area (Å²) in [5, 5.41) is 3.22. The molecule has 2 nitrogen and oxygen atoms in total. The second kappa shape index (κ2) is 5.90. The van der Waals surface area contributed by atoms with Gasteiger partial charge >= 0.3 is 0 Å². The Morgan fingerprint density at radius 3 is 2.45 bits per heavy atom. The first-order valence-electron chi connectivity index (χ1n) is 6.46. The minimum atomic E-state index is -0.562. The summed E-state index contributed by atoms with van der Waals surface area (Å²) in [6.45, 7) is 1.85. The molecule has 0 bridgehead atoms. The largest absolute Gasteiger partial charge is 0.378 e. The number of benzene rings is 2. The SMILES string of the molecule is CC(Nc1cccc(N(C)C)c1)c1ccc(F)cc1F. The van der Waals surface area contributed by atoms with Crippen molar-refractivity contribution in [2.75, 3.05) is 24.3 Å². The highest BCUT2D eigenvalue weighted by atomic mass is 19.1. The normalized spacial score (nSPS) is 12.1. The van der Waals surface area contributed by atoms with Crippen LogP contribution in [0.3, 0.4) is 0 Å². The van der Waals surface area contributed by atoms with E-state index in [1.165, 1.54) is 12.1 Å². The number of nitrogens with zero attached hydrogens (tertiary/aromatic N) is 1. The van der Waals surface area contributed by atoms with Crippen molar-refractivity contribution >= 4 is 11.4 Å². The Labute approximate surface area is 118 Å². The molecule has 0 heterocycles. The fourth-order valence-corrected chi connectivity index (χ4v) is 2.05. The fourth-order valence-electron chi connectivity index (χ4n) is 2.05. The lowest BCUT2D eigenvalue weighted by atomic mass is 10.1. The van der Waals surface area contributed by atoms with Crippen molar-refractivity contribution in [1.29, 1.82) is 0 Å². The topological polar surface area (TPSA) is 15.3 Å². The van der Waals surface area contributed by atoms with Crippen molar-refractivity contribution in [1.82, 2.24) is 0 Å². The van der Waals surface area contributed by atoms with E-state index in [9.17, 15) is 8.78 Å². The Bertz CT molecular complexity index is 597. The first kappa shape index (κ1) is 14.3. The van der Waals surface area contributed by atoms with Crippen LogP contribution in [0, 0.1) is 11.6 Å². The van der Waals surface area contributed by atoms with Gasteiger partial charge in [-0.05, 0) is 31.2 Å². The summed E-state index contributed by atoms with van der Waals surface area (Å²) in [5.74, 6) is -1.10. The molecule has 1 unspecified atom stereocenters. The van der Waals surface area contributed by atoms with E-state index >= 15 is 0 Å². The Morgan fingerprint density at radius 1 is 1.05 bits per heavy atom. The van der Waals surface area contributed by atoms with Gasteiger partial charge in [0.1, 0.15) is 11.6 Å². The van der Waals surface area contributed by atoms with E-state index in [0.29, 0.717) is 5.56 Å². The lowest BCUT2D eigenvalue weighted by Crippen LogP contribution is -2.11. The summed E-state index contributed by atoms with van der Waals surface area (Å²) in [4.78, 5) is 1.99. The minimum Gasteiger partial charge on any atom is -0.378 e. The number of rotatable bonds is 4. The molecule has 1 N–H and O–H groups in total. The molecule has 1 atom stereocenters. The van der Waals surface area contributed by atoms with E-state index in [0.717, 1.165) is 17.4 Å². The molecule has 0 aliphatic carbocycles. The van der Waals surface area contributed by atoms with Crippen LogP contribution >= 0.6 is 0 Å². The van der Waals surface area contributed by atoms with Crippen LogP contribution < -0.4 is 10.2 Å². The van der Waals surface area contributed by atoms with E-state index in [2.05, 4.69) is 5.32 Å². The molecule has 2 aromatic rings. The quantitative estimate of drug-likeness (QED) is 0.900. The molecule has 0 aliphatic rings. The van der Waals surface area contributed by atoms with E-state index < -0.39 is 11.6 Å². The Kier molecular flexibility index (Phi) is 4.23. The molecule has 2 rings (SSSR count). The Balaban J connectivity index is 2.19. The van der Waals surface area contributed by atoms with Crippen LogP contribution in [-0.2, 0) is 0 Å². The summed E-state index contributed by atoms with van der Waals surface area (Å²) in [6, 6.07) is 11.2. The molecular weight excluding hydrogens is 258 g/mol. The van der Waals surface area contributed by atoms with Crippen molar-refractivity contribution in [3.8, 4) is 0 Å². The van der Waals surface area contributed by atoms with Crippen molar-refractivity contribution in [3.63, 3.8) is 0 Å². The molecule has 0 fully saturated rings. The second-order valence-electron chi connectivity index (χ2n) is 4.98. The standard InChI is InChI=1S/C16H18F2N2/c1-11(15-8-7-12(17)9-16(15)18)19-13-5-4-6-14(10-13)20(2)3/h4-11,19H,1-3H3. The highest BCUT2D eigenvalue weighted by Crippen LogP contribution is 2.24. The second-order valence-corrected chi connectivity index (χ2v) is 4.98. The van der Waals surface area contributed by atoms with Crippen molar-refractivity contribution in [2.45, 2.75) is 13.0 Å². The zero-order valence-electron chi connectivity index (χ0n) is 11.8. The van der Waals surface area contributed by atoms with Gasteiger partial charge in [0.05, 0.1) is 6.04 Å². The molecule has 106 valence electrons. The molecule has 0 aliphatic heterocycles. The zero-order valence-corrected chi connectivity index (χ0v) is 11.8. The van der Waals surface area contributed by atoms with Crippen LogP contribution in [0.1, 0.15) is 18.5 Å². The van der Waals surface area contributed by atoms with Crippen LogP contribution in [0.15, 0.2) is 42.5 Å². The third-order valence-electron chi connectivity index (χ3n) is 3.17. The van der Waals surface area contributed by atoms with Gasteiger partial charge in [0.2, 0.25) is 0 Å². The molecule has 0 saturated carbocycles. The van der Waals surface area contributed by atoms with Gasteiger partial charge in [0.25, 0.3) is 0 Å². The van der Waals surface area contributed by atoms with Gasteiger partial charge in [0.15, 0.2) is 0 Å². The van der Waals surface area contributed by atoms with Gasteiger partial charge in [-0.1, -0.05) is 12.1 Å². The third kappa shape index (κ3) is 3.26. The summed E-state index contributed by atoms with van der Waals surface area (Å²) < 4.78 is 26.6. The highest BCUT2D eigenvalue weighted by Gasteiger charge is 2.11. The monoisotopic (exact) mass is 276 g/mol. The smallest absolute Gasteiger partial charge is 0.131 e. The third-order valence-corrected chi connectivity index (χ3v) is 3.17. The molecule has 2 aromatic carbocycles. The van der Waals surface area contributed by atoms with Crippen LogP contribution in [0.25, 0.3) is 0 Å². The van der Waals surface area contributed by atoms with Crippen molar-refractivity contribution < 1.29 is 8.78 Å². The van der Waals surface area contributed by atoms with E-state index in [1.54, 1.807) is 0 Å². The summed E-state index contributed by atoms with van der Waals surface area (Å²) in [7, 11) is 3.92. The number of anilines is 2. The van der Waals surface area contributed by atoms with Crippen LogP contribution in [0.2, 0.25) is 0 Å². The average Bonchev–Trinajstić information content (AvgIpc) is 2.38. The van der Waals surface area contributed by atoms with Crippen LogP contribution in [0.5, 0.6) is 0 Å². The lowest BCUT2D eigenvalue weighted by Gasteiger charge is -2.19. The maximum atomic E-state index is 13.7. The molecule has 0 spiro atoms. The molecule has 0 radical (unpaired) electrons. The number of hydrogen-bond acceptors (Lipinski definition) is 2. The maximum absolute atomic E-state index is 13.7. The number of hydrogen-bond donors (Lipinski definition) is 1. The van der Waals surface area contributed by atoms with Gasteiger partial charge in [-0.2, -0.15) is 0 Å². The maximum Gasteiger partial charge on any atom is 0.131 e. The lowest BCUT2D eigenvalue weighted by molar-refractivity contribution is 0.566. The van der Waals surface area contributed by atoms with Gasteiger partial charge < -0.3 is 10.2 Å². The van der Waals surface area contributed by atoms with Crippen LogP contribution in [0.4, 0.5) is 20.2 Å². The predicted molar refractivity (Wildman–Crippen MR) is 79.2 cm³/mol. The summed E-state index contributed by atoms with van der Waals surface area (Å²) in [5.41, 5.74) is 2.40. The van der Waals surface area contributed by atoms with Gasteiger partial charge in [-0.25, -0.2) is 8.78 Å². The van der Waals surface area contributed by atoms with Crippen molar-refractivity contribution in [3.05, 3.63) is 59.7 Å². The molecular formula is C16H18F2N2. The predicted octanol–water partition coefficient (Wildman–Crippen LogP) is 4.20. The Hall–Kier alpha value is -2.10. The first-order valence-corrected chi connectivity index (χ1v) is 6.46. The van der Waals surface area contributed by atoms with Crippen molar-refractivity contribution in [2.24, 2.45) is 0 Å². The fraction of sp³-hybridized carbons (Fsp3) is 0.250. The summed E-state index contributed by atoms with van der Waals surface area (Å²) in [6.07, 6.45) is 0. The van der Waals surface area contributed by atoms with E-state index in [4.69, 9.17) is 0 Å². The summed E-state index contributed by atoms with van der Waals surface area (Å²) >= 11 is 0. The molecule has 0 aromatic heterocycles. The molecule has 20 heavy (non-hydrogen) atoms. The van der Waals surface area contributed by atoms with Crippen LogP contribution in [-0.4, -0.2) is 14.1 Å². The van der Waals surface area contributed by atoms with Gasteiger partial charge in [-0.3, -0.25) is 0 Å². The molecule has 0 saturated heterocycles. The first-order chi connectivity index (χ1) is 9.47. The van der Waals surface area contributed by atoms with E-state index in [-0.39, 0.29) is 6.04 Å². The minimum absolute atomic E-state index is 0.243. The Morgan fingerprint density at radius 2 is 1.80 bits per heavy atom. The van der Waals surface area contributed by atoms with Gasteiger partial charge in [-0.15, -0.1) is 0 Å². The molecule has 4 heteroatoms. The molecule has 0 amide bonds. The van der Waals surface area contributed by atoms with E-state index in [1.807, 2.05) is 50.2 Å². The number of halogens is 2. The average molecular weight is 276 g/mol. The highest BCUT2D eigenvalue weighted by molar-refractivity contribution is 5.58. The zero-order chi connectivity index (χ0) is 14.7.